The second-order valence-electron chi connectivity index (χ2n) is 3.81. The predicted octanol–water partition coefficient (Wildman–Crippen LogP) is 3.62. The van der Waals surface area contributed by atoms with Crippen LogP contribution in [0.2, 0.25) is 0 Å². The molecule has 1 N–H and O–H groups in total. The van der Waals surface area contributed by atoms with Crippen LogP contribution in [0.15, 0.2) is 48.5 Å². The van der Waals surface area contributed by atoms with Gasteiger partial charge in [-0.1, -0.05) is 12.1 Å². The zero-order valence-corrected chi connectivity index (χ0v) is 9.29. The van der Waals surface area contributed by atoms with Crippen LogP contribution < -0.4 is 5.32 Å². The molecule has 0 aliphatic carbocycles. The summed E-state index contributed by atoms with van der Waals surface area (Å²) in [6.45, 7) is 0.690. The van der Waals surface area contributed by atoms with Gasteiger partial charge >= 0.3 is 0 Å². The molecule has 2 aromatic rings. The maximum atomic E-state index is 12.9. The van der Waals surface area contributed by atoms with Crippen LogP contribution in [0.1, 0.15) is 5.56 Å². The molecule has 0 bridgehead atoms. The van der Waals surface area contributed by atoms with Crippen molar-refractivity contribution in [2.75, 3.05) is 11.9 Å². The number of benzene rings is 2. The highest BCUT2D eigenvalue weighted by Crippen LogP contribution is 2.09. The summed E-state index contributed by atoms with van der Waals surface area (Å²) >= 11 is 0. The van der Waals surface area contributed by atoms with Crippen molar-refractivity contribution in [3.05, 3.63) is 65.7 Å². The van der Waals surface area contributed by atoms with Crippen molar-refractivity contribution in [1.29, 1.82) is 0 Å². The third-order valence-corrected chi connectivity index (χ3v) is 2.48. The average molecular weight is 233 g/mol. The Morgan fingerprint density at radius 2 is 1.65 bits per heavy atom. The maximum Gasteiger partial charge on any atom is 0.123 e. The van der Waals surface area contributed by atoms with Gasteiger partial charge in [-0.3, -0.25) is 0 Å². The minimum Gasteiger partial charge on any atom is -0.385 e. The Bertz CT molecular complexity index is 480. The van der Waals surface area contributed by atoms with Gasteiger partial charge in [0.2, 0.25) is 0 Å². The van der Waals surface area contributed by atoms with Gasteiger partial charge in [0.1, 0.15) is 11.6 Å². The van der Waals surface area contributed by atoms with Crippen LogP contribution in [0, 0.1) is 11.6 Å². The molecular formula is C14H13F2N. The summed E-state index contributed by atoms with van der Waals surface area (Å²) in [6.07, 6.45) is 0.731. The first-order chi connectivity index (χ1) is 8.24. The fourth-order valence-electron chi connectivity index (χ4n) is 1.61. The maximum absolute atomic E-state index is 12.9. The van der Waals surface area contributed by atoms with Crippen LogP contribution in [0.4, 0.5) is 14.5 Å². The Balaban J connectivity index is 1.85. The van der Waals surface area contributed by atoms with Gasteiger partial charge in [0.05, 0.1) is 0 Å². The lowest BCUT2D eigenvalue weighted by molar-refractivity contribution is 0.625. The molecule has 0 unspecified atom stereocenters. The predicted molar refractivity (Wildman–Crippen MR) is 65.0 cm³/mol. The molecule has 17 heavy (non-hydrogen) atoms. The summed E-state index contributed by atoms with van der Waals surface area (Å²) in [5.41, 5.74) is 1.81. The summed E-state index contributed by atoms with van der Waals surface area (Å²) < 4.78 is 25.5. The number of anilines is 1. The summed E-state index contributed by atoms with van der Waals surface area (Å²) in [6, 6.07) is 12.7. The number of halogens is 2. The molecule has 0 radical (unpaired) electrons. The van der Waals surface area contributed by atoms with Crippen LogP contribution >= 0.6 is 0 Å². The zero-order valence-electron chi connectivity index (χ0n) is 9.29. The van der Waals surface area contributed by atoms with Crippen molar-refractivity contribution in [2.45, 2.75) is 6.42 Å². The summed E-state index contributed by atoms with van der Waals surface area (Å²) in [4.78, 5) is 0. The first-order valence-electron chi connectivity index (χ1n) is 5.48. The summed E-state index contributed by atoms with van der Waals surface area (Å²) in [5.74, 6) is -0.468. The van der Waals surface area contributed by atoms with E-state index >= 15 is 0 Å². The van der Waals surface area contributed by atoms with E-state index < -0.39 is 0 Å². The Morgan fingerprint density at radius 3 is 2.35 bits per heavy atom. The Kier molecular flexibility index (Phi) is 3.70. The Labute approximate surface area is 99.1 Å². The van der Waals surface area contributed by atoms with Crippen molar-refractivity contribution < 1.29 is 8.78 Å². The molecule has 88 valence electrons. The third-order valence-electron chi connectivity index (χ3n) is 2.48. The molecule has 0 aliphatic heterocycles. The van der Waals surface area contributed by atoms with Crippen molar-refractivity contribution in [3.8, 4) is 0 Å². The minimum atomic E-state index is -0.249. The van der Waals surface area contributed by atoms with Crippen LogP contribution in [-0.4, -0.2) is 6.54 Å². The highest BCUT2D eigenvalue weighted by molar-refractivity contribution is 5.42. The second-order valence-corrected chi connectivity index (χ2v) is 3.81. The molecule has 0 spiro atoms. The zero-order chi connectivity index (χ0) is 12.1. The van der Waals surface area contributed by atoms with Gasteiger partial charge in [-0.25, -0.2) is 8.78 Å². The highest BCUT2D eigenvalue weighted by Gasteiger charge is 1.96. The van der Waals surface area contributed by atoms with Crippen LogP contribution in [0.25, 0.3) is 0 Å². The van der Waals surface area contributed by atoms with Gasteiger partial charge in [0, 0.05) is 12.2 Å². The molecule has 2 rings (SSSR count). The van der Waals surface area contributed by atoms with E-state index in [9.17, 15) is 8.78 Å². The Hall–Kier alpha value is -1.90. The Morgan fingerprint density at radius 1 is 0.882 bits per heavy atom. The molecule has 1 nitrogen and oxygen atoms in total. The standard InChI is InChI=1S/C14H13F2N/c15-12-4-6-14(7-5-12)17-9-8-11-2-1-3-13(16)10-11/h1-7,10,17H,8-9H2. The van der Waals surface area contributed by atoms with E-state index in [4.69, 9.17) is 0 Å². The first kappa shape index (κ1) is 11.6. The lowest BCUT2D eigenvalue weighted by Gasteiger charge is -2.06. The van der Waals surface area contributed by atoms with E-state index in [0.717, 1.165) is 17.7 Å². The molecule has 0 saturated carbocycles. The van der Waals surface area contributed by atoms with E-state index in [2.05, 4.69) is 5.32 Å². The number of nitrogens with one attached hydrogen (secondary N) is 1. The molecule has 0 aliphatic rings. The lowest BCUT2D eigenvalue weighted by atomic mass is 10.1. The molecule has 0 aromatic heterocycles. The van der Waals surface area contributed by atoms with Gasteiger partial charge in [0.25, 0.3) is 0 Å². The lowest BCUT2D eigenvalue weighted by Crippen LogP contribution is -2.04. The summed E-state index contributed by atoms with van der Waals surface area (Å²) in [5, 5.41) is 3.15. The number of rotatable bonds is 4. The van der Waals surface area contributed by atoms with E-state index in [-0.39, 0.29) is 11.6 Å². The van der Waals surface area contributed by atoms with E-state index in [1.807, 2.05) is 6.07 Å². The van der Waals surface area contributed by atoms with Crippen molar-refractivity contribution in [1.82, 2.24) is 0 Å². The van der Waals surface area contributed by atoms with Crippen LogP contribution in [0.5, 0.6) is 0 Å². The van der Waals surface area contributed by atoms with Gasteiger partial charge in [0.15, 0.2) is 0 Å². The second kappa shape index (κ2) is 5.43. The van der Waals surface area contributed by atoms with Crippen LogP contribution in [0.3, 0.4) is 0 Å². The molecule has 0 fully saturated rings. The molecular weight excluding hydrogens is 220 g/mol. The smallest absolute Gasteiger partial charge is 0.123 e. The van der Waals surface area contributed by atoms with E-state index in [1.54, 1.807) is 18.2 Å². The van der Waals surface area contributed by atoms with Crippen molar-refractivity contribution in [2.24, 2.45) is 0 Å². The number of hydrogen-bond acceptors (Lipinski definition) is 1. The normalized spacial score (nSPS) is 10.2. The molecule has 0 atom stereocenters. The quantitative estimate of drug-likeness (QED) is 0.850. The van der Waals surface area contributed by atoms with Gasteiger partial charge < -0.3 is 5.32 Å². The van der Waals surface area contributed by atoms with Gasteiger partial charge in [-0.05, 0) is 48.4 Å². The number of hydrogen-bond donors (Lipinski definition) is 1. The minimum absolute atomic E-state index is 0.218. The SMILES string of the molecule is Fc1ccc(NCCc2cccc(F)c2)cc1. The highest BCUT2D eigenvalue weighted by atomic mass is 19.1. The molecule has 2 aromatic carbocycles. The largest absolute Gasteiger partial charge is 0.385 e. The molecule has 0 saturated heterocycles. The summed E-state index contributed by atoms with van der Waals surface area (Å²) in [7, 11) is 0. The third kappa shape index (κ3) is 3.55. The van der Waals surface area contributed by atoms with E-state index in [0.29, 0.717) is 6.54 Å². The topological polar surface area (TPSA) is 12.0 Å². The van der Waals surface area contributed by atoms with Crippen LogP contribution in [-0.2, 0) is 6.42 Å². The van der Waals surface area contributed by atoms with E-state index in [1.165, 1.54) is 24.3 Å². The van der Waals surface area contributed by atoms with Gasteiger partial charge in [-0.15, -0.1) is 0 Å². The fourth-order valence-corrected chi connectivity index (χ4v) is 1.61. The first-order valence-corrected chi connectivity index (χ1v) is 5.48. The molecule has 0 amide bonds. The fraction of sp³-hybridized carbons (Fsp3) is 0.143. The van der Waals surface area contributed by atoms with Gasteiger partial charge in [-0.2, -0.15) is 0 Å². The molecule has 3 heteroatoms. The van der Waals surface area contributed by atoms with Crippen molar-refractivity contribution >= 4 is 5.69 Å². The average Bonchev–Trinajstić information content (AvgIpc) is 2.32. The van der Waals surface area contributed by atoms with Crippen molar-refractivity contribution in [3.63, 3.8) is 0 Å². The monoisotopic (exact) mass is 233 g/mol. The molecule has 0 heterocycles.